The first-order valence-electron chi connectivity index (χ1n) is 6.49. The lowest BCUT2D eigenvalue weighted by atomic mass is 10.0. The number of carbonyl (C=O) groups is 2. The molecule has 0 bridgehead atoms. The smallest absolute Gasteiger partial charge is 0.348 e. The van der Waals surface area contributed by atoms with Crippen molar-refractivity contribution in [3.8, 4) is 11.1 Å². The number of ether oxygens (including phenoxy) is 1. The molecule has 1 heterocycles. The standard InChI is InChI=1S/C16H14FNO3/c1-2-21-16(20)14(17)15(19)13-5-3-11(4-6-13)12-7-9-18-10-8-12/h3-10,14H,2H2,1H3. The van der Waals surface area contributed by atoms with Crippen LogP contribution in [0.4, 0.5) is 4.39 Å². The van der Waals surface area contributed by atoms with Crippen molar-refractivity contribution in [2.75, 3.05) is 6.61 Å². The average Bonchev–Trinajstić information content (AvgIpc) is 2.54. The first kappa shape index (κ1) is 14.8. The van der Waals surface area contributed by atoms with Crippen LogP contribution in [0.2, 0.25) is 0 Å². The number of ketones is 1. The molecule has 0 radical (unpaired) electrons. The summed E-state index contributed by atoms with van der Waals surface area (Å²) in [4.78, 5) is 27.0. The van der Waals surface area contributed by atoms with Gasteiger partial charge in [0.15, 0.2) is 0 Å². The number of benzene rings is 1. The molecule has 1 atom stereocenters. The topological polar surface area (TPSA) is 56.3 Å². The maximum Gasteiger partial charge on any atom is 0.348 e. The Morgan fingerprint density at radius 1 is 1.10 bits per heavy atom. The summed E-state index contributed by atoms with van der Waals surface area (Å²) in [6.45, 7) is 1.59. The quantitative estimate of drug-likeness (QED) is 0.482. The third kappa shape index (κ3) is 3.51. The maximum atomic E-state index is 13.7. The van der Waals surface area contributed by atoms with Gasteiger partial charge in [0.2, 0.25) is 5.78 Å². The molecule has 2 aromatic rings. The van der Waals surface area contributed by atoms with Gasteiger partial charge in [0.25, 0.3) is 6.17 Å². The van der Waals surface area contributed by atoms with Crippen molar-refractivity contribution >= 4 is 11.8 Å². The van der Waals surface area contributed by atoms with Gasteiger partial charge in [-0.3, -0.25) is 9.78 Å². The number of hydrogen-bond acceptors (Lipinski definition) is 4. The minimum absolute atomic E-state index is 0.0352. The number of carbonyl (C=O) groups excluding carboxylic acids is 2. The first-order chi connectivity index (χ1) is 10.1. The van der Waals surface area contributed by atoms with E-state index in [1.165, 1.54) is 12.1 Å². The summed E-state index contributed by atoms with van der Waals surface area (Å²) in [5, 5.41) is 0. The van der Waals surface area contributed by atoms with Crippen LogP contribution >= 0.6 is 0 Å². The van der Waals surface area contributed by atoms with Crippen LogP contribution in [0.25, 0.3) is 11.1 Å². The van der Waals surface area contributed by atoms with Crippen LogP contribution in [0.1, 0.15) is 17.3 Å². The molecule has 4 nitrogen and oxygen atoms in total. The van der Waals surface area contributed by atoms with E-state index in [1.54, 1.807) is 31.5 Å². The van der Waals surface area contributed by atoms with Gasteiger partial charge in [-0.05, 0) is 30.2 Å². The first-order valence-corrected chi connectivity index (χ1v) is 6.49. The highest BCUT2D eigenvalue weighted by Gasteiger charge is 2.28. The number of hydrogen-bond donors (Lipinski definition) is 0. The molecule has 0 saturated heterocycles. The molecule has 1 aromatic heterocycles. The number of esters is 1. The Labute approximate surface area is 121 Å². The average molecular weight is 287 g/mol. The van der Waals surface area contributed by atoms with Crippen molar-refractivity contribution < 1.29 is 18.7 Å². The van der Waals surface area contributed by atoms with Crippen molar-refractivity contribution in [2.45, 2.75) is 13.1 Å². The zero-order chi connectivity index (χ0) is 15.2. The molecule has 0 aliphatic heterocycles. The predicted molar refractivity (Wildman–Crippen MR) is 75.5 cm³/mol. The third-order valence-electron chi connectivity index (χ3n) is 2.91. The summed E-state index contributed by atoms with van der Waals surface area (Å²) in [6.07, 6.45) is 1.04. The molecule has 0 fully saturated rings. The monoisotopic (exact) mass is 287 g/mol. The van der Waals surface area contributed by atoms with E-state index >= 15 is 0 Å². The van der Waals surface area contributed by atoms with Crippen molar-refractivity contribution in [2.24, 2.45) is 0 Å². The second kappa shape index (κ2) is 6.74. The van der Waals surface area contributed by atoms with Crippen LogP contribution in [-0.4, -0.2) is 29.5 Å². The molecule has 0 aliphatic rings. The summed E-state index contributed by atoms with van der Waals surface area (Å²) >= 11 is 0. The van der Waals surface area contributed by atoms with Gasteiger partial charge in [-0.1, -0.05) is 24.3 Å². The highest BCUT2D eigenvalue weighted by Crippen LogP contribution is 2.19. The van der Waals surface area contributed by atoms with Crippen LogP contribution < -0.4 is 0 Å². The molecule has 5 heteroatoms. The molecular formula is C16H14FNO3. The summed E-state index contributed by atoms with van der Waals surface area (Å²) < 4.78 is 18.2. The largest absolute Gasteiger partial charge is 0.463 e. The van der Waals surface area contributed by atoms with E-state index in [2.05, 4.69) is 9.72 Å². The molecule has 0 aliphatic carbocycles. The van der Waals surface area contributed by atoms with Crippen LogP contribution in [0.5, 0.6) is 0 Å². The minimum atomic E-state index is -2.28. The Balaban J connectivity index is 2.15. The third-order valence-corrected chi connectivity index (χ3v) is 2.91. The van der Waals surface area contributed by atoms with Crippen LogP contribution in [-0.2, 0) is 9.53 Å². The van der Waals surface area contributed by atoms with Gasteiger partial charge in [0.05, 0.1) is 6.61 Å². The second-order valence-corrected chi connectivity index (χ2v) is 4.29. The minimum Gasteiger partial charge on any atom is -0.463 e. The highest BCUT2D eigenvalue weighted by molar-refractivity contribution is 6.11. The fraction of sp³-hybridized carbons (Fsp3) is 0.188. The summed E-state index contributed by atoms with van der Waals surface area (Å²) in [7, 11) is 0. The Morgan fingerprint density at radius 3 is 2.24 bits per heavy atom. The number of nitrogens with zero attached hydrogens (tertiary/aromatic N) is 1. The SMILES string of the molecule is CCOC(=O)C(F)C(=O)c1ccc(-c2ccncc2)cc1. The molecule has 1 unspecified atom stereocenters. The Hall–Kier alpha value is -2.56. The van der Waals surface area contributed by atoms with Gasteiger partial charge in [0, 0.05) is 18.0 Å². The zero-order valence-electron chi connectivity index (χ0n) is 11.5. The van der Waals surface area contributed by atoms with Gasteiger partial charge in [-0.2, -0.15) is 0 Å². The fourth-order valence-corrected chi connectivity index (χ4v) is 1.84. The summed E-state index contributed by atoms with van der Waals surface area (Å²) in [5.74, 6) is -2.05. The van der Waals surface area contributed by atoms with Gasteiger partial charge in [-0.25, -0.2) is 9.18 Å². The molecule has 0 amide bonds. The van der Waals surface area contributed by atoms with Gasteiger partial charge >= 0.3 is 5.97 Å². The number of halogens is 1. The lowest BCUT2D eigenvalue weighted by Gasteiger charge is -2.07. The number of Topliss-reactive ketones (excluding diaryl/α,β-unsaturated/α-hetero) is 1. The molecule has 108 valence electrons. The summed E-state index contributed by atoms with van der Waals surface area (Å²) in [6, 6.07) is 10.0. The van der Waals surface area contributed by atoms with Gasteiger partial charge in [0.1, 0.15) is 0 Å². The predicted octanol–water partition coefficient (Wildman–Crippen LogP) is 2.83. The van der Waals surface area contributed by atoms with Crippen molar-refractivity contribution in [3.63, 3.8) is 0 Å². The van der Waals surface area contributed by atoms with E-state index < -0.39 is 17.9 Å². The van der Waals surface area contributed by atoms with Crippen LogP contribution in [0.3, 0.4) is 0 Å². The van der Waals surface area contributed by atoms with Crippen LogP contribution in [0.15, 0.2) is 48.8 Å². The Kier molecular flexibility index (Phi) is 4.77. The lowest BCUT2D eigenvalue weighted by molar-refractivity contribution is -0.147. The van der Waals surface area contributed by atoms with E-state index in [4.69, 9.17) is 0 Å². The normalized spacial score (nSPS) is 11.7. The van der Waals surface area contributed by atoms with Crippen molar-refractivity contribution in [3.05, 3.63) is 54.4 Å². The van der Waals surface area contributed by atoms with Gasteiger partial charge in [-0.15, -0.1) is 0 Å². The molecule has 0 saturated carbocycles. The van der Waals surface area contributed by atoms with Crippen molar-refractivity contribution in [1.29, 1.82) is 0 Å². The molecule has 1 aromatic carbocycles. The summed E-state index contributed by atoms with van der Waals surface area (Å²) in [5.41, 5.74) is 1.94. The Morgan fingerprint density at radius 2 is 1.67 bits per heavy atom. The molecule has 0 spiro atoms. The number of aromatic nitrogens is 1. The van der Waals surface area contributed by atoms with E-state index in [1.807, 2.05) is 12.1 Å². The highest BCUT2D eigenvalue weighted by atomic mass is 19.1. The number of alkyl halides is 1. The molecule has 0 N–H and O–H groups in total. The zero-order valence-corrected chi connectivity index (χ0v) is 11.5. The van der Waals surface area contributed by atoms with Crippen LogP contribution in [0, 0.1) is 0 Å². The lowest BCUT2D eigenvalue weighted by Crippen LogP contribution is -2.27. The molecule has 21 heavy (non-hydrogen) atoms. The van der Waals surface area contributed by atoms with E-state index in [0.29, 0.717) is 0 Å². The van der Waals surface area contributed by atoms with E-state index in [9.17, 15) is 14.0 Å². The number of rotatable bonds is 5. The fourth-order valence-electron chi connectivity index (χ4n) is 1.84. The van der Waals surface area contributed by atoms with Crippen molar-refractivity contribution in [1.82, 2.24) is 4.98 Å². The van der Waals surface area contributed by atoms with E-state index in [-0.39, 0.29) is 12.2 Å². The molecule has 2 rings (SSSR count). The molecular weight excluding hydrogens is 273 g/mol. The second-order valence-electron chi connectivity index (χ2n) is 4.29. The van der Waals surface area contributed by atoms with E-state index in [0.717, 1.165) is 11.1 Å². The van der Waals surface area contributed by atoms with Gasteiger partial charge < -0.3 is 4.74 Å². The number of pyridine rings is 1. The maximum absolute atomic E-state index is 13.7. The Bertz CT molecular complexity index is 626.